The lowest BCUT2D eigenvalue weighted by atomic mass is 9.70. The Kier molecular flexibility index (Phi) is 5.94. The fourth-order valence-electron chi connectivity index (χ4n) is 7.76. The van der Waals surface area contributed by atoms with E-state index in [0.717, 1.165) is 15.8 Å². The third-order valence-electron chi connectivity index (χ3n) is 9.56. The van der Waals surface area contributed by atoms with E-state index in [1.807, 2.05) is 0 Å². The van der Waals surface area contributed by atoms with Gasteiger partial charge in [-0.25, -0.2) is 0 Å². The maximum absolute atomic E-state index is 3.67. The van der Waals surface area contributed by atoms with E-state index in [9.17, 15) is 0 Å². The molecule has 0 saturated heterocycles. The summed E-state index contributed by atoms with van der Waals surface area (Å²) in [5, 5.41) is 0. The highest BCUT2D eigenvalue weighted by molar-refractivity contribution is 9.10. The Morgan fingerprint density at radius 3 is 1.47 bits per heavy atom. The molecule has 0 saturated carbocycles. The van der Waals surface area contributed by atoms with Gasteiger partial charge < -0.3 is 4.90 Å². The van der Waals surface area contributed by atoms with Crippen LogP contribution in [-0.2, 0) is 5.41 Å². The molecule has 0 amide bonds. The number of fused-ring (bicyclic) bond motifs is 10. The van der Waals surface area contributed by atoms with Crippen molar-refractivity contribution in [2.24, 2.45) is 0 Å². The molecule has 2 aliphatic carbocycles. The zero-order chi connectivity index (χ0) is 30.0. The third-order valence-corrected chi connectivity index (χ3v) is 10.1. The highest BCUT2D eigenvalue weighted by Crippen LogP contribution is 2.64. The van der Waals surface area contributed by atoms with Crippen LogP contribution in [0.2, 0.25) is 0 Å². The molecule has 7 aromatic carbocycles. The number of nitrogens with zero attached hydrogens (tertiary/aromatic N) is 1. The maximum Gasteiger partial charge on any atom is 0.0726 e. The molecule has 0 aliphatic heterocycles. The molecule has 0 aromatic heterocycles. The Hall–Kier alpha value is -5.18. The topological polar surface area (TPSA) is 3.24 Å². The zero-order valence-corrected chi connectivity index (χ0v) is 26.1. The van der Waals surface area contributed by atoms with E-state index < -0.39 is 0 Å². The highest BCUT2D eigenvalue weighted by atomic mass is 79.9. The summed E-state index contributed by atoms with van der Waals surface area (Å²) in [4.78, 5) is 2.42. The van der Waals surface area contributed by atoms with Crippen LogP contribution in [0, 0.1) is 0 Å². The van der Waals surface area contributed by atoms with Crippen LogP contribution in [0.25, 0.3) is 33.4 Å². The van der Waals surface area contributed by atoms with Crippen LogP contribution < -0.4 is 4.90 Å². The van der Waals surface area contributed by atoms with Crippen LogP contribution in [-0.4, -0.2) is 0 Å². The molecule has 0 unspecified atom stereocenters. The van der Waals surface area contributed by atoms with E-state index >= 15 is 0 Å². The molecule has 2 heteroatoms. The first-order chi connectivity index (χ1) is 22.2. The normalized spacial score (nSPS) is 13.2. The van der Waals surface area contributed by atoms with E-state index in [2.05, 4.69) is 191 Å². The van der Waals surface area contributed by atoms with Gasteiger partial charge in [0.05, 0.1) is 11.1 Å². The van der Waals surface area contributed by atoms with E-state index in [4.69, 9.17) is 0 Å². The molecule has 7 aromatic rings. The number of benzene rings is 7. The average molecular weight is 639 g/mol. The van der Waals surface area contributed by atoms with Crippen molar-refractivity contribution in [3.63, 3.8) is 0 Å². The van der Waals surface area contributed by atoms with E-state index in [0.29, 0.717) is 0 Å². The second-order valence-corrected chi connectivity index (χ2v) is 12.7. The van der Waals surface area contributed by atoms with Gasteiger partial charge in [-0.05, 0) is 92.5 Å². The van der Waals surface area contributed by atoms with Crippen molar-refractivity contribution in [3.8, 4) is 33.4 Å². The summed E-state index contributed by atoms with van der Waals surface area (Å²) < 4.78 is 1.06. The summed E-state index contributed by atoms with van der Waals surface area (Å²) in [6, 6.07) is 62.1. The molecule has 212 valence electrons. The SMILES string of the molecule is Brc1ccc(N(c2ccc(-c3ccccc3)cc2)c2cccc3c2-c2ccccc2C32c3ccccc3-c3ccccc32)cc1. The van der Waals surface area contributed by atoms with Crippen molar-refractivity contribution in [3.05, 3.63) is 197 Å². The van der Waals surface area contributed by atoms with Gasteiger partial charge in [0, 0.05) is 21.4 Å². The highest BCUT2D eigenvalue weighted by Gasteiger charge is 2.52. The van der Waals surface area contributed by atoms with Gasteiger partial charge in [0.2, 0.25) is 0 Å². The minimum absolute atomic E-state index is 0.377. The molecule has 0 fully saturated rings. The van der Waals surface area contributed by atoms with Crippen molar-refractivity contribution >= 4 is 33.0 Å². The van der Waals surface area contributed by atoms with Crippen LogP contribution in [0.4, 0.5) is 17.1 Å². The summed E-state index contributed by atoms with van der Waals surface area (Å²) in [5.74, 6) is 0. The molecular weight excluding hydrogens is 610 g/mol. The second-order valence-electron chi connectivity index (χ2n) is 11.8. The molecule has 0 bridgehead atoms. The molecular formula is C43H28BrN. The standard InChI is InChI=1S/C43H28BrN/c44-31-23-27-33(28-24-31)45(32-25-21-30(22-26-32)29-11-2-1-3-12-29)41-20-10-19-40-42(41)36-15-6-9-18-39(36)43(40)37-16-7-4-13-34(37)35-14-5-8-17-38(35)43/h1-28H. The van der Waals surface area contributed by atoms with Crippen LogP contribution >= 0.6 is 15.9 Å². The maximum atomic E-state index is 3.67. The van der Waals surface area contributed by atoms with Crippen molar-refractivity contribution in [1.29, 1.82) is 0 Å². The summed E-state index contributed by atoms with van der Waals surface area (Å²) in [7, 11) is 0. The number of hydrogen-bond acceptors (Lipinski definition) is 1. The van der Waals surface area contributed by atoms with E-state index in [1.165, 1.54) is 61.3 Å². The van der Waals surface area contributed by atoms with Gasteiger partial charge in [0.15, 0.2) is 0 Å². The van der Waals surface area contributed by atoms with Gasteiger partial charge in [0.1, 0.15) is 0 Å². The Labute approximate surface area is 272 Å². The Bertz CT molecular complexity index is 2170. The van der Waals surface area contributed by atoms with Crippen LogP contribution in [0.3, 0.4) is 0 Å². The second kappa shape index (κ2) is 10.2. The summed E-state index contributed by atoms with van der Waals surface area (Å²) in [5.41, 5.74) is 16.1. The summed E-state index contributed by atoms with van der Waals surface area (Å²) in [6.45, 7) is 0. The number of hydrogen-bond donors (Lipinski definition) is 0. The lowest BCUT2D eigenvalue weighted by Crippen LogP contribution is -2.26. The van der Waals surface area contributed by atoms with Gasteiger partial charge in [-0.1, -0.05) is 143 Å². The minimum Gasteiger partial charge on any atom is -0.310 e. The largest absolute Gasteiger partial charge is 0.310 e. The predicted octanol–water partition coefficient (Wildman–Crippen LogP) is 11.9. The Morgan fingerprint density at radius 1 is 0.378 bits per heavy atom. The molecule has 1 spiro atoms. The predicted molar refractivity (Wildman–Crippen MR) is 191 cm³/mol. The van der Waals surface area contributed by atoms with Gasteiger partial charge in [-0.15, -0.1) is 0 Å². The third kappa shape index (κ3) is 3.79. The molecule has 0 N–H and O–H groups in total. The lowest BCUT2D eigenvalue weighted by molar-refractivity contribution is 0.794. The fraction of sp³-hybridized carbons (Fsp3) is 0.0233. The first-order valence-corrected chi connectivity index (χ1v) is 16.2. The first kappa shape index (κ1) is 26.2. The van der Waals surface area contributed by atoms with Crippen LogP contribution in [0.5, 0.6) is 0 Å². The summed E-state index contributed by atoms with van der Waals surface area (Å²) >= 11 is 3.67. The zero-order valence-electron chi connectivity index (χ0n) is 24.5. The molecule has 2 aliphatic rings. The van der Waals surface area contributed by atoms with Gasteiger partial charge in [0.25, 0.3) is 0 Å². The monoisotopic (exact) mass is 637 g/mol. The van der Waals surface area contributed by atoms with Crippen molar-refractivity contribution in [1.82, 2.24) is 0 Å². The smallest absolute Gasteiger partial charge is 0.0726 e. The lowest BCUT2D eigenvalue weighted by Gasteiger charge is -2.31. The van der Waals surface area contributed by atoms with Gasteiger partial charge >= 0.3 is 0 Å². The van der Waals surface area contributed by atoms with Crippen LogP contribution in [0.15, 0.2) is 174 Å². The summed E-state index contributed by atoms with van der Waals surface area (Å²) in [6.07, 6.45) is 0. The van der Waals surface area contributed by atoms with Crippen molar-refractivity contribution < 1.29 is 0 Å². The minimum atomic E-state index is -0.377. The number of halogens is 1. The average Bonchev–Trinajstić information content (AvgIpc) is 3.58. The van der Waals surface area contributed by atoms with E-state index in [-0.39, 0.29) is 5.41 Å². The number of rotatable bonds is 4. The van der Waals surface area contributed by atoms with Crippen molar-refractivity contribution in [2.75, 3.05) is 4.90 Å². The molecule has 0 heterocycles. The first-order valence-electron chi connectivity index (χ1n) is 15.4. The molecule has 45 heavy (non-hydrogen) atoms. The molecule has 0 atom stereocenters. The molecule has 0 radical (unpaired) electrons. The molecule has 9 rings (SSSR count). The quantitative estimate of drug-likeness (QED) is 0.185. The van der Waals surface area contributed by atoms with Gasteiger partial charge in [-0.3, -0.25) is 0 Å². The Morgan fingerprint density at radius 2 is 0.844 bits per heavy atom. The fourth-order valence-corrected chi connectivity index (χ4v) is 8.03. The molecule has 1 nitrogen and oxygen atoms in total. The number of anilines is 3. The van der Waals surface area contributed by atoms with E-state index in [1.54, 1.807) is 0 Å². The van der Waals surface area contributed by atoms with Crippen molar-refractivity contribution in [2.45, 2.75) is 5.41 Å². The van der Waals surface area contributed by atoms with Crippen LogP contribution in [0.1, 0.15) is 22.3 Å². The Balaban J connectivity index is 1.32. The van der Waals surface area contributed by atoms with Gasteiger partial charge in [-0.2, -0.15) is 0 Å².